The number of nitrogens with one attached hydrogen (secondary N) is 1. The van der Waals surface area contributed by atoms with Gasteiger partial charge in [-0.05, 0) is 42.7 Å². The van der Waals surface area contributed by atoms with Gasteiger partial charge >= 0.3 is 0 Å². The lowest BCUT2D eigenvalue weighted by Gasteiger charge is -2.08. The van der Waals surface area contributed by atoms with E-state index in [-0.39, 0.29) is 5.91 Å². The number of benzene rings is 2. The van der Waals surface area contributed by atoms with E-state index in [0.29, 0.717) is 18.2 Å². The van der Waals surface area contributed by atoms with Crippen LogP contribution in [0.5, 0.6) is 0 Å². The summed E-state index contributed by atoms with van der Waals surface area (Å²) in [6, 6.07) is 17.7. The number of hydrogen-bond acceptors (Lipinski definition) is 3. The van der Waals surface area contributed by atoms with Crippen molar-refractivity contribution in [2.75, 3.05) is 0 Å². The molecule has 126 valence electrons. The van der Waals surface area contributed by atoms with E-state index in [1.807, 2.05) is 54.6 Å². The van der Waals surface area contributed by atoms with Crippen LogP contribution in [0.4, 0.5) is 0 Å². The topological polar surface area (TPSA) is 59.8 Å². The fourth-order valence-corrected chi connectivity index (χ4v) is 3.07. The van der Waals surface area contributed by atoms with Gasteiger partial charge in [0, 0.05) is 16.9 Å². The van der Waals surface area contributed by atoms with Crippen molar-refractivity contribution in [1.82, 2.24) is 20.3 Å². The predicted octanol–water partition coefficient (Wildman–Crippen LogP) is 3.84. The van der Waals surface area contributed by atoms with Crippen LogP contribution >= 0.6 is 15.9 Å². The van der Waals surface area contributed by atoms with E-state index in [9.17, 15) is 4.79 Å². The minimum atomic E-state index is -0.172. The Bertz CT molecular complexity index is 886. The number of carbonyl (C=O) groups excluding carboxylic acids is 1. The second kappa shape index (κ2) is 6.80. The lowest BCUT2D eigenvalue weighted by atomic mass is 10.2. The van der Waals surface area contributed by atoms with Gasteiger partial charge in [0.25, 0.3) is 5.91 Å². The van der Waals surface area contributed by atoms with Gasteiger partial charge in [-0.3, -0.25) is 4.79 Å². The SMILES string of the molecule is O=C(NCc1ccccc1)c1nnn(-c2ccc(Br)cc2)c1C1CC1. The van der Waals surface area contributed by atoms with Gasteiger partial charge in [0.1, 0.15) is 0 Å². The molecule has 0 bridgehead atoms. The molecule has 1 aliphatic carbocycles. The molecule has 5 nitrogen and oxygen atoms in total. The lowest BCUT2D eigenvalue weighted by molar-refractivity contribution is 0.0945. The average Bonchev–Trinajstić information content (AvgIpc) is 3.39. The van der Waals surface area contributed by atoms with E-state index >= 15 is 0 Å². The molecule has 0 aliphatic heterocycles. The zero-order valence-electron chi connectivity index (χ0n) is 13.5. The zero-order valence-corrected chi connectivity index (χ0v) is 15.1. The number of hydrogen-bond donors (Lipinski definition) is 1. The maximum absolute atomic E-state index is 12.6. The molecule has 1 fully saturated rings. The van der Waals surface area contributed by atoms with Gasteiger partial charge in [-0.2, -0.15) is 0 Å². The summed E-state index contributed by atoms with van der Waals surface area (Å²) in [7, 11) is 0. The van der Waals surface area contributed by atoms with Crippen molar-refractivity contribution in [3.63, 3.8) is 0 Å². The second-order valence-electron chi connectivity index (χ2n) is 6.15. The summed E-state index contributed by atoms with van der Waals surface area (Å²) >= 11 is 3.44. The summed E-state index contributed by atoms with van der Waals surface area (Å²) in [6.07, 6.45) is 2.14. The Morgan fingerprint density at radius 2 is 1.84 bits per heavy atom. The lowest BCUT2D eigenvalue weighted by Crippen LogP contribution is -2.24. The molecule has 2 aromatic carbocycles. The maximum atomic E-state index is 12.6. The van der Waals surface area contributed by atoms with Crippen LogP contribution < -0.4 is 5.32 Å². The Kier molecular flexibility index (Phi) is 4.36. The van der Waals surface area contributed by atoms with E-state index in [1.165, 1.54) is 0 Å². The third-order valence-electron chi connectivity index (χ3n) is 4.25. The van der Waals surface area contributed by atoms with Crippen LogP contribution in [0.15, 0.2) is 59.1 Å². The summed E-state index contributed by atoms with van der Waals surface area (Å²) < 4.78 is 2.80. The molecule has 0 saturated heterocycles. The molecule has 1 saturated carbocycles. The van der Waals surface area contributed by atoms with Crippen LogP contribution in [0.3, 0.4) is 0 Å². The Morgan fingerprint density at radius 1 is 1.12 bits per heavy atom. The van der Waals surface area contributed by atoms with Crippen molar-refractivity contribution in [3.8, 4) is 5.69 Å². The molecule has 1 aliphatic rings. The zero-order chi connectivity index (χ0) is 17.2. The molecule has 1 heterocycles. The van der Waals surface area contributed by atoms with E-state index in [4.69, 9.17) is 0 Å². The van der Waals surface area contributed by atoms with Gasteiger partial charge in [0.2, 0.25) is 0 Å². The molecular weight excluding hydrogens is 380 g/mol. The number of aromatic nitrogens is 3. The quantitative estimate of drug-likeness (QED) is 0.712. The monoisotopic (exact) mass is 396 g/mol. The molecule has 3 aromatic rings. The summed E-state index contributed by atoms with van der Waals surface area (Å²) in [5.74, 6) is 0.185. The first-order chi connectivity index (χ1) is 12.2. The molecule has 1 aromatic heterocycles. The first-order valence-electron chi connectivity index (χ1n) is 8.26. The summed E-state index contributed by atoms with van der Waals surface area (Å²) in [4.78, 5) is 12.6. The molecule has 0 atom stereocenters. The van der Waals surface area contributed by atoms with E-state index in [1.54, 1.807) is 4.68 Å². The standard InChI is InChI=1S/C19H17BrN4O/c20-15-8-10-16(11-9-15)24-18(14-6-7-14)17(22-23-24)19(25)21-12-13-4-2-1-3-5-13/h1-5,8-11,14H,6-7,12H2,(H,21,25). The van der Waals surface area contributed by atoms with Crippen molar-refractivity contribution >= 4 is 21.8 Å². The molecule has 0 unspecified atom stereocenters. The highest BCUT2D eigenvalue weighted by Gasteiger charge is 2.34. The van der Waals surface area contributed by atoms with Crippen molar-refractivity contribution < 1.29 is 4.79 Å². The van der Waals surface area contributed by atoms with Gasteiger partial charge in [0.15, 0.2) is 5.69 Å². The van der Waals surface area contributed by atoms with Gasteiger partial charge < -0.3 is 5.32 Å². The minimum Gasteiger partial charge on any atom is -0.347 e. The van der Waals surface area contributed by atoms with Crippen LogP contribution in [-0.2, 0) is 6.54 Å². The van der Waals surface area contributed by atoms with E-state index in [2.05, 4.69) is 31.6 Å². The fourth-order valence-electron chi connectivity index (χ4n) is 2.81. The molecule has 4 rings (SSSR count). The normalized spacial score (nSPS) is 13.6. The van der Waals surface area contributed by atoms with Crippen molar-refractivity contribution in [2.45, 2.75) is 25.3 Å². The first kappa shape index (κ1) is 16.0. The molecule has 0 spiro atoms. The van der Waals surface area contributed by atoms with Crippen LogP contribution in [0, 0.1) is 0 Å². The summed E-state index contributed by atoms with van der Waals surface area (Å²) in [6.45, 7) is 0.481. The Hall–Kier alpha value is -2.47. The van der Waals surface area contributed by atoms with Crippen molar-refractivity contribution in [1.29, 1.82) is 0 Å². The van der Waals surface area contributed by atoms with Gasteiger partial charge in [-0.15, -0.1) is 5.10 Å². The summed E-state index contributed by atoms with van der Waals surface area (Å²) in [5, 5.41) is 11.4. The Balaban J connectivity index is 1.59. The predicted molar refractivity (Wildman–Crippen MR) is 98.6 cm³/mol. The third-order valence-corrected chi connectivity index (χ3v) is 4.78. The Morgan fingerprint density at radius 3 is 2.52 bits per heavy atom. The number of carbonyl (C=O) groups is 1. The number of halogens is 1. The molecule has 1 amide bonds. The second-order valence-corrected chi connectivity index (χ2v) is 7.07. The first-order valence-corrected chi connectivity index (χ1v) is 9.05. The number of nitrogens with zero attached hydrogens (tertiary/aromatic N) is 3. The molecule has 25 heavy (non-hydrogen) atoms. The highest BCUT2D eigenvalue weighted by atomic mass is 79.9. The van der Waals surface area contributed by atoms with Crippen molar-refractivity contribution in [2.24, 2.45) is 0 Å². The highest BCUT2D eigenvalue weighted by Crippen LogP contribution is 2.42. The van der Waals surface area contributed by atoms with E-state index in [0.717, 1.165) is 34.3 Å². The van der Waals surface area contributed by atoms with Crippen LogP contribution in [0.1, 0.15) is 40.5 Å². The largest absolute Gasteiger partial charge is 0.347 e. The maximum Gasteiger partial charge on any atom is 0.274 e. The highest BCUT2D eigenvalue weighted by molar-refractivity contribution is 9.10. The third kappa shape index (κ3) is 3.49. The van der Waals surface area contributed by atoms with E-state index < -0.39 is 0 Å². The fraction of sp³-hybridized carbons (Fsp3) is 0.211. The van der Waals surface area contributed by atoms with Gasteiger partial charge in [-0.25, -0.2) is 4.68 Å². The molecule has 6 heteroatoms. The van der Waals surface area contributed by atoms with Gasteiger partial charge in [0.05, 0.1) is 11.4 Å². The molecular formula is C19H17BrN4O. The molecule has 1 N–H and O–H groups in total. The smallest absolute Gasteiger partial charge is 0.274 e. The number of rotatable bonds is 5. The molecule has 0 radical (unpaired) electrons. The summed E-state index contributed by atoms with van der Waals surface area (Å²) in [5.41, 5.74) is 3.32. The average molecular weight is 397 g/mol. The number of amides is 1. The minimum absolute atomic E-state index is 0.172. The van der Waals surface area contributed by atoms with Gasteiger partial charge in [-0.1, -0.05) is 51.5 Å². The van der Waals surface area contributed by atoms with Crippen LogP contribution in [-0.4, -0.2) is 20.9 Å². The van der Waals surface area contributed by atoms with Crippen LogP contribution in [0.2, 0.25) is 0 Å². The van der Waals surface area contributed by atoms with Crippen molar-refractivity contribution in [3.05, 3.63) is 76.0 Å². The Labute approximate surface area is 154 Å². The van der Waals surface area contributed by atoms with Crippen LogP contribution in [0.25, 0.3) is 5.69 Å².